The molecule has 0 aromatic carbocycles. The van der Waals surface area contributed by atoms with Crippen LogP contribution >= 0.6 is 0 Å². The highest BCUT2D eigenvalue weighted by Gasteiger charge is 1.85. The normalized spacial score (nSPS) is 18.7. The molecule has 0 aromatic rings. The maximum Gasteiger partial charge on any atom is -0.0268 e. The highest BCUT2D eigenvalue weighted by atomic mass is 13.9. The Bertz CT molecular complexity index is 135. The first-order chi connectivity index (χ1) is 4.50. The van der Waals surface area contributed by atoms with E-state index in [0.29, 0.717) is 0 Å². The molecular weight excluding hydrogens is 108 g/mol. The summed E-state index contributed by atoms with van der Waals surface area (Å²) in [5.74, 6) is 0. The third-order valence-electron chi connectivity index (χ3n) is 1.48. The average molecular weight is 120 g/mol. The smallest absolute Gasteiger partial charge is 0.0268 e. The third kappa shape index (κ3) is 2.98. The number of hydrogen-bond donors (Lipinski definition) is 0. The number of hydrogen-bond acceptors (Lipinski definition) is 0. The van der Waals surface area contributed by atoms with Crippen LogP contribution in [0.4, 0.5) is 0 Å². The molecule has 1 aliphatic carbocycles. The van der Waals surface area contributed by atoms with Crippen molar-refractivity contribution in [1.82, 2.24) is 0 Å². The molecule has 0 saturated heterocycles. The van der Waals surface area contributed by atoms with Crippen molar-refractivity contribution in [3.05, 3.63) is 23.6 Å². The van der Waals surface area contributed by atoms with Crippen molar-refractivity contribution >= 4 is 0 Å². The fraction of sp³-hybridized carbons (Fsp3) is 0.556. The Morgan fingerprint density at radius 1 is 0.778 bits per heavy atom. The topological polar surface area (TPSA) is 0 Å². The molecule has 0 radical (unpaired) electrons. The summed E-state index contributed by atoms with van der Waals surface area (Å²) in [5.41, 5.74) is 5.99. The Morgan fingerprint density at radius 3 is 1.89 bits per heavy atom. The average Bonchev–Trinajstić information content (AvgIpc) is 2.00. The fourth-order valence-corrected chi connectivity index (χ4v) is 0.932. The highest BCUT2D eigenvalue weighted by Crippen LogP contribution is 2.04. The van der Waals surface area contributed by atoms with E-state index in [2.05, 4.69) is 23.6 Å². The second-order valence-corrected chi connectivity index (χ2v) is 2.33. The maximum absolute atomic E-state index is 3.00. The molecule has 0 heterocycles. The molecule has 9 heavy (non-hydrogen) atoms. The van der Waals surface area contributed by atoms with E-state index in [9.17, 15) is 0 Å². The predicted octanol–water partition coefficient (Wildman–Crippen LogP) is 2.82. The molecule has 0 heteroatoms. The molecule has 0 saturated carbocycles. The lowest BCUT2D eigenvalue weighted by Crippen LogP contribution is -1.72. The Balaban J connectivity index is 2.50. The second kappa shape index (κ2) is 4.21. The molecule has 1 aliphatic rings. The highest BCUT2D eigenvalue weighted by molar-refractivity contribution is 4.87. The van der Waals surface area contributed by atoms with E-state index in [1.54, 1.807) is 0 Å². The van der Waals surface area contributed by atoms with Gasteiger partial charge in [-0.2, -0.15) is 0 Å². The van der Waals surface area contributed by atoms with Crippen molar-refractivity contribution < 1.29 is 0 Å². The van der Waals surface area contributed by atoms with Crippen LogP contribution in [0.2, 0.25) is 0 Å². The Morgan fingerprint density at radius 2 is 1.33 bits per heavy atom. The quantitative estimate of drug-likeness (QED) is 0.431. The van der Waals surface area contributed by atoms with Crippen LogP contribution in [0.15, 0.2) is 23.6 Å². The van der Waals surface area contributed by atoms with Gasteiger partial charge in [0, 0.05) is 0 Å². The molecule has 0 aliphatic heterocycles. The Kier molecular flexibility index (Phi) is 3.00. The van der Waals surface area contributed by atoms with Crippen molar-refractivity contribution in [3.8, 4) is 0 Å². The molecular formula is C9H12. The zero-order valence-corrected chi connectivity index (χ0v) is 5.69. The van der Waals surface area contributed by atoms with E-state index < -0.39 is 0 Å². The minimum absolute atomic E-state index is 1.18. The summed E-state index contributed by atoms with van der Waals surface area (Å²) >= 11 is 0. The lowest BCUT2D eigenvalue weighted by molar-refractivity contribution is 0.698. The standard InChI is InChI=1S/C9H12/c1-2-4-6-8-9-7-5-3-1/h1,7H,2,4,6,8-9H2. The lowest BCUT2D eigenvalue weighted by atomic mass is 10.1. The van der Waals surface area contributed by atoms with Gasteiger partial charge in [-0.3, -0.25) is 0 Å². The summed E-state index contributed by atoms with van der Waals surface area (Å²) in [7, 11) is 0. The third-order valence-corrected chi connectivity index (χ3v) is 1.48. The van der Waals surface area contributed by atoms with Gasteiger partial charge in [-0.1, -0.05) is 17.9 Å². The van der Waals surface area contributed by atoms with Crippen molar-refractivity contribution in [2.45, 2.75) is 32.1 Å². The zero-order valence-electron chi connectivity index (χ0n) is 5.69. The fourth-order valence-electron chi connectivity index (χ4n) is 0.932. The van der Waals surface area contributed by atoms with Crippen LogP contribution in [0.25, 0.3) is 0 Å². The van der Waals surface area contributed by atoms with Gasteiger partial charge in [0.2, 0.25) is 0 Å². The molecule has 0 amide bonds. The molecule has 48 valence electrons. The van der Waals surface area contributed by atoms with Gasteiger partial charge in [0.05, 0.1) is 0 Å². The van der Waals surface area contributed by atoms with E-state index in [1.807, 2.05) is 0 Å². The predicted molar refractivity (Wildman–Crippen MR) is 39.3 cm³/mol. The SMILES string of the molecule is C1=C=CCCCCCC=1. The molecule has 0 unspecified atom stereocenters. The van der Waals surface area contributed by atoms with Gasteiger partial charge in [-0.25, -0.2) is 0 Å². The first-order valence-electron chi connectivity index (χ1n) is 3.64. The monoisotopic (exact) mass is 120 g/mol. The van der Waals surface area contributed by atoms with Crippen LogP contribution in [0.3, 0.4) is 0 Å². The van der Waals surface area contributed by atoms with Crippen LogP contribution in [-0.2, 0) is 0 Å². The molecule has 0 bridgehead atoms. The largest absolute Gasteiger partial charge is 0.0750 e. The molecule has 0 N–H and O–H groups in total. The van der Waals surface area contributed by atoms with E-state index in [4.69, 9.17) is 0 Å². The van der Waals surface area contributed by atoms with Crippen molar-refractivity contribution in [3.63, 3.8) is 0 Å². The maximum atomic E-state index is 3.00. The molecule has 0 spiro atoms. The summed E-state index contributed by atoms with van der Waals surface area (Å²) in [5, 5.41) is 0. The van der Waals surface area contributed by atoms with Gasteiger partial charge in [0.25, 0.3) is 0 Å². The number of rotatable bonds is 0. The zero-order chi connectivity index (χ0) is 6.36. The van der Waals surface area contributed by atoms with E-state index >= 15 is 0 Å². The molecule has 0 atom stereocenters. The van der Waals surface area contributed by atoms with Gasteiger partial charge in [0.1, 0.15) is 0 Å². The number of allylic oxidation sites excluding steroid dienone is 2. The first kappa shape index (κ1) is 6.42. The summed E-state index contributed by atoms with van der Waals surface area (Å²) in [6, 6.07) is 0. The van der Waals surface area contributed by atoms with E-state index in [1.165, 1.54) is 32.1 Å². The van der Waals surface area contributed by atoms with E-state index in [-0.39, 0.29) is 0 Å². The molecule has 0 fully saturated rings. The van der Waals surface area contributed by atoms with Crippen molar-refractivity contribution in [1.29, 1.82) is 0 Å². The van der Waals surface area contributed by atoms with Gasteiger partial charge in [-0.15, -0.1) is 0 Å². The van der Waals surface area contributed by atoms with Crippen molar-refractivity contribution in [2.24, 2.45) is 0 Å². The van der Waals surface area contributed by atoms with Crippen LogP contribution in [0.1, 0.15) is 32.1 Å². The minimum atomic E-state index is 1.18. The van der Waals surface area contributed by atoms with Crippen LogP contribution in [0.5, 0.6) is 0 Å². The Labute approximate surface area is 56.6 Å². The van der Waals surface area contributed by atoms with Gasteiger partial charge >= 0.3 is 0 Å². The molecule has 1 rings (SSSR count). The van der Waals surface area contributed by atoms with Crippen LogP contribution in [0, 0.1) is 0 Å². The van der Waals surface area contributed by atoms with E-state index in [0.717, 1.165) is 0 Å². The Hall–Kier alpha value is -0.700. The van der Waals surface area contributed by atoms with Crippen LogP contribution < -0.4 is 0 Å². The molecule has 0 nitrogen and oxygen atoms in total. The van der Waals surface area contributed by atoms with Crippen molar-refractivity contribution in [2.75, 3.05) is 0 Å². The summed E-state index contributed by atoms with van der Waals surface area (Å²) in [4.78, 5) is 0. The van der Waals surface area contributed by atoms with Gasteiger partial charge < -0.3 is 0 Å². The molecule has 0 aromatic heterocycles. The summed E-state index contributed by atoms with van der Waals surface area (Å²) in [6.45, 7) is 0. The summed E-state index contributed by atoms with van der Waals surface area (Å²) in [6.07, 6.45) is 10.5. The summed E-state index contributed by atoms with van der Waals surface area (Å²) < 4.78 is 0. The lowest BCUT2D eigenvalue weighted by Gasteiger charge is -1.91. The minimum Gasteiger partial charge on any atom is -0.0750 e. The van der Waals surface area contributed by atoms with Gasteiger partial charge in [0.15, 0.2) is 0 Å². The van der Waals surface area contributed by atoms with Gasteiger partial charge in [-0.05, 0) is 37.8 Å². The second-order valence-electron chi connectivity index (χ2n) is 2.33. The first-order valence-corrected chi connectivity index (χ1v) is 3.64. The van der Waals surface area contributed by atoms with Crippen LogP contribution in [-0.4, -0.2) is 0 Å².